The van der Waals surface area contributed by atoms with E-state index < -0.39 is 35.9 Å². The van der Waals surface area contributed by atoms with Crippen LogP contribution in [0.4, 0.5) is 28.9 Å². The van der Waals surface area contributed by atoms with Gasteiger partial charge in [-0.2, -0.15) is 13.2 Å². The van der Waals surface area contributed by atoms with E-state index in [1.54, 1.807) is 48.2 Å². The second kappa shape index (κ2) is 13.7. The van der Waals surface area contributed by atoms with Crippen LogP contribution in [0, 0.1) is 25.6 Å². The van der Waals surface area contributed by atoms with Crippen LogP contribution >= 0.6 is 0 Å². The first-order valence-electron chi connectivity index (χ1n) is 16.6. The second-order valence-corrected chi connectivity index (χ2v) is 13.2. The first-order chi connectivity index (χ1) is 22.5. The average molecular weight is 651 g/mol. The third kappa shape index (κ3) is 7.03. The number of carbonyl (C=O) groups excluding carboxylic acids is 2. The van der Waals surface area contributed by atoms with Gasteiger partial charge in [0.15, 0.2) is 0 Å². The molecule has 10 heteroatoms. The Kier molecular flexibility index (Phi) is 9.60. The van der Waals surface area contributed by atoms with Gasteiger partial charge in [-0.05, 0) is 99.4 Å². The fourth-order valence-corrected chi connectivity index (χ4v) is 7.62. The SMILES string of the molecule is Cc1ccc(NC(=O)[C@H]2CCCN(C(=O)c3c(C)cccc3F)[C@H]2c2ccc(CN3CCC[C@@H]3C(F)(F)F)cc2)cc1N1CCCC1. The van der Waals surface area contributed by atoms with Crippen molar-refractivity contribution in [2.75, 3.05) is 36.4 Å². The number of nitrogens with one attached hydrogen (secondary N) is 1. The van der Waals surface area contributed by atoms with E-state index >= 15 is 4.39 Å². The molecule has 6 rings (SSSR count). The smallest absolute Gasteiger partial charge is 0.371 e. The Morgan fingerprint density at radius 1 is 0.851 bits per heavy atom. The van der Waals surface area contributed by atoms with Gasteiger partial charge in [0.05, 0.1) is 17.5 Å². The van der Waals surface area contributed by atoms with Crippen molar-refractivity contribution in [1.29, 1.82) is 0 Å². The van der Waals surface area contributed by atoms with Crippen molar-refractivity contribution in [2.45, 2.75) is 77.2 Å². The van der Waals surface area contributed by atoms with Crippen molar-refractivity contribution in [3.8, 4) is 0 Å². The third-order valence-corrected chi connectivity index (χ3v) is 10.0. The predicted octanol–water partition coefficient (Wildman–Crippen LogP) is 7.80. The van der Waals surface area contributed by atoms with Crippen LogP contribution < -0.4 is 10.2 Å². The molecule has 6 nitrogen and oxygen atoms in total. The maximum atomic E-state index is 15.1. The maximum Gasteiger partial charge on any atom is 0.404 e. The molecule has 3 atom stereocenters. The Morgan fingerprint density at radius 2 is 1.57 bits per heavy atom. The fraction of sp³-hybridized carbons (Fsp3) is 0.459. The van der Waals surface area contributed by atoms with Crippen LogP contribution in [-0.4, -0.2) is 60.0 Å². The molecule has 0 bridgehead atoms. The van der Waals surface area contributed by atoms with E-state index in [4.69, 9.17) is 0 Å². The lowest BCUT2D eigenvalue weighted by molar-refractivity contribution is -0.177. The highest BCUT2D eigenvalue weighted by Gasteiger charge is 2.46. The van der Waals surface area contributed by atoms with E-state index in [0.717, 1.165) is 42.7 Å². The van der Waals surface area contributed by atoms with E-state index in [0.29, 0.717) is 49.2 Å². The molecule has 3 aliphatic heterocycles. The molecule has 0 spiro atoms. The number of halogens is 4. The van der Waals surface area contributed by atoms with Crippen molar-refractivity contribution < 1.29 is 27.2 Å². The summed E-state index contributed by atoms with van der Waals surface area (Å²) in [5.74, 6) is -1.96. The van der Waals surface area contributed by atoms with Gasteiger partial charge in [-0.25, -0.2) is 4.39 Å². The standard InChI is InChI=1S/C37H42F4N4O2/c1-24-12-17-28(22-31(24)43-18-3-4-19-43)42-35(46)29-9-6-21-45(36(47)33-25(2)8-5-10-30(33)38)34(29)27-15-13-26(14-16-27)23-44-20-7-11-32(44)37(39,40)41/h5,8,10,12-17,22,29,32,34H,3-4,6-7,9,11,18-21,23H2,1-2H3,(H,42,46)/t29-,32+,34-/m0/s1. The van der Waals surface area contributed by atoms with E-state index in [9.17, 15) is 22.8 Å². The summed E-state index contributed by atoms with van der Waals surface area (Å²) in [5.41, 5.74) is 4.80. The number of nitrogens with zero attached hydrogens (tertiary/aromatic N) is 3. The summed E-state index contributed by atoms with van der Waals surface area (Å²) in [6, 6.07) is 15.4. The van der Waals surface area contributed by atoms with Crippen molar-refractivity contribution >= 4 is 23.2 Å². The number of amides is 2. The lowest BCUT2D eigenvalue weighted by Gasteiger charge is -2.41. The van der Waals surface area contributed by atoms with Crippen molar-refractivity contribution in [3.05, 3.63) is 94.3 Å². The highest BCUT2D eigenvalue weighted by Crippen LogP contribution is 2.40. The summed E-state index contributed by atoms with van der Waals surface area (Å²) in [5, 5.41) is 3.11. The number of anilines is 2. The van der Waals surface area contributed by atoms with E-state index in [-0.39, 0.29) is 24.4 Å². The fourth-order valence-electron chi connectivity index (χ4n) is 7.62. The summed E-state index contributed by atoms with van der Waals surface area (Å²) in [7, 11) is 0. The second-order valence-electron chi connectivity index (χ2n) is 13.2. The molecule has 3 saturated heterocycles. The van der Waals surface area contributed by atoms with Crippen LogP contribution in [0.3, 0.4) is 0 Å². The lowest BCUT2D eigenvalue weighted by atomic mass is 9.83. The molecule has 0 aliphatic carbocycles. The number of likely N-dealkylation sites (tertiary alicyclic amines) is 2. The number of piperidine rings is 1. The average Bonchev–Trinajstić information content (AvgIpc) is 3.75. The third-order valence-electron chi connectivity index (χ3n) is 10.0. The minimum Gasteiger partial charge on any atom is -0.371 e. The molecule has 3 aromatic rings. The van der Waals surface area contributed by atoms with Crippen molar-refractivity contribution in [1.82, 2.24) is 9.80 Å². The zero-order chi connectivity index (χ0) is 33.3. The minimum atomic E-state index is -4.28. The zero-order valence-electron chi connectivity index (χ0n) is 27.0. The van der Waals surface area contributed by atoms with Gasteiger partial charge in [-0.15, -0.1) is 0 Å². The van der Waals surface area contributed by atoms with Gasteiger partial charge in [0.25, 0.3) is 5.91 Å². The molecular weight excluding hydrogens is 608 g/mol. The van der Waals surface area contributed by atoms with Gasteiger partial charge >= 0.3 is 6.18 Å². The Morgan fingerprint density at radius 3 is 2.28 bits per heavy atom. The van der Waals surface area contributed by atoms with Crippen LogP contribution in [0.25, 0.3) is 0 Å². The highest BCUT2D eigenvalue weighted by molar-refractivity contribution is 5.98. The molecule has 0 unspecified atom stereocenters. The summed E-state index contributed by atoms with van der Waals surface area (Å²) >= 11 is 0. The van der Waals surface area contributed by atoms with Gasteiger partial charge in [0.2, 0.25) is 5.91 Å². The molecule has 0 radical (unpaired) electrons. The Balaban J connectivity index is 1.30. The predicted molar refractivity (Wildman–Crippen MR) is 175 cm³/mol. The summed E-state index contributed by atoms with van der Waals surface area (Å²) in [4.78, 5) is 33.5. The van der Waals surface area contributed by atoms with E-state index in [2.05, 4.69) is 17.1 Å². The normalized spacial score (nSPS) is 22.1. The molecule has 3 heterocycles. The van der Waals surface area contributed by atoms with Gasteiger partial charge in [-0.3, -0.25) is 14.5 Å². The molecular formula is C37H42F4N4O2. The van der Waals surface area contributed by atoms with E-state index in [1.807, 2.05) is 18.2 Å². The number of aryl methyl sites for hydroxylation is 2. The molecule has 250 valence electrons. The number of hydrogen-bond acceptors (Lipinski definition) is 4. The first-order valence-corrected chi connectivity index (χ1v) is 16.6. The monoisotopic (exact) mass is 650 g/mol. The van der Waals surface area contributed by atoms with Gasteiger partial charge in [0, 0.05) is 37.6 Å². The van der Waals surface area contributed by atoms with Crippen LogP contribution in [0.2, 0.25) is 0 Å². The Labute approximate surface area is 273 Å². The number of hydrogen-bond donors (Lipinski definition) is 1. The molecule has 3 aromatic carbocycles. The molecule has 0 saturated carbocycles. The molecule has 2 amide bonds. The van der Waals surface area contributed by atoms with Gasteiger partial charge in [-0.1, -0.05) is 42.5 Å². The molecule has 3 aliphatic rings. The molecule has 3 fully saturated rings. The summed E-state index contributed by atoms with van der Waals surface area (Å²) in [6.07, 6.45) is -0.355. The highest BCUT2D eigenvalue weighted by atomic mass is 19.4. The zero-order valence-corrected chi connectivity index (χ0v) is 27.0. The Hall–Kier alpha value is -3.92. The molecule has 0 aromatic heterocycles. The molecule has 1 N–H and O–H groups in total. The topological polar surface area (TPSA) is 55.9 Å². The molecule has 47 heavy (non-hydrogen) atoms. The van der Waals surface area contributed by atoms with Crippen LogP contribution in [0.1, 0.15) is 77.2 Å². The quantitative estimate of drug-likeness (QED) is 0.265. The van der Waals surface area contributed by atoms with Gasteiger partial charge in [0.1, 0.15) is 11.9 Å². The number of benzene rings is 3. The van der Waals surface area contributed by atoms with Crippen LogP contribution in [0.15, 0.2) is 60.7 Å². The van der Waals surface area contributed by atoms with Crippen LogP contribution in [-0.2, 0) is 11.3 Å². The maximum absolute atomic E-state index is 15.1. The van der Waals surface area contributed by atoms with Crippen molar-refractivity contribution in [3.63, 3.8) is 0 Å². The Bertz CT molecular complexity index is 1580. The van der Waals surface area contributed by atoms with Crippen molar-refractivity contribution in [2.24, 2.45) is 5.92 Å². The number of rotatable bonds is 7. The van der Waals surface area contributed by atoms with E-state index in [1.165, 1.54) is 11.0 Å². The largest absolute Gasteiger partial charge is 0.404 e. The number of carbonyl (C=O) groups is 2. The first kappa shape index (κ1) is 33.0. The summed E-state index contributed by atoms with van der Waals surface area (Å²) < 4.78 is 55.8. The van der Waals surface area contributed by atoms with Gasteiger partial charge < -0.3 is 15.1 Å². The minimum absolute atomic E-state index is 0.0174. The lowest BCUT2D eigenvalue weighted by Crippen LogP contribution is -2.46. The van der Waals surface area contributed by atoms with Crippen LogP contribution in [0.5, 0.6) is 0 Å². The summed E-state index contributed by atoms with van der Waals surface area (Å²) in [6.45, 7) is 6.56. The number of alkyl halides is 3.